The van der Waals surface area contributed by atoms with Crippen LogP contribution in [0.1, 0.15) is 15.9 Å². The highest BCUT2D eigenvalue weighted by molar-refractivity contribution is 5.92. The van der Waals surface area contributed by atoms with Gasteiger partial charge in [0, 0.05) is 0 Å². The van der Waals surface area contributed by atoms with Crippen molar-refractivity contribution in [3.63, 3.8) is 0 Å². The van der Waals surface area contributed by atoms with Crippen LogP contribution in [0.2, 0.25) is 0 Å². The van der Waals surface area contributed by atoms with Crippen molar-refractivity contribution in [1.29, 1.82) is 0 Å². The normalized spacial score (nSPS) is 11.6. The summed E-state index contributed by atoms with van der Waals surface area (Å²) < 4.78 is 5.31. The van der Waals surface area contributed by atoms with Crippen LogP contribution in [0.15, 0.2) is 48.5 Å². The van der Waals surface area contributed by atoms with Crippen molar-refractivity contribution in [1.82, 2.24) is 0 Å². The molecule has 3 rings (SSSR count). The predicted octanol–water partition coefficient (Wildman–Crippen LogP) is 1.62. The minimum Gasteiger partial charge on any atom is -0.457 e. The topological polar surface area (TPSA) is 26.3 Å². The Bertz CT molecular complexity index is 700. The molecule has 0 saturated carbocycles. The number of carbonyl (C=O) groups is 1. The van der Waals surface area contributed by atoms with Crippen molar-refractivity contribution in [2.75, 3.05) is 0 Å². The Hall–Kier alpha value is -2.35. The molecule has 88 valence electrons. The summed E-state index contributed by atoms with van der Waals surface area (Å²) in [6, 6.07) is 15.4. The van der Waals surface area contributed by atoms with Crippen molar-refractivity contribution < 1.29 is 9.53 Å². The second-order valence-corrected chi connectivity index (χ2v) is 4.20. The lowest BCUT2D eigenvalue weighted by molar-refractivity contribution is 0.0471. The van der Waals surface area contributed by atoms with Gasteiger partial charge in [0.1, 0.15) is 6.61 Å². The fourth-order valence-electron chi connectivity index (χ4n) is 1.97. The third-order valence-corrected chi connectivity index (χ3v) is 3.00. The van der Waals surface area contributed by atoms with Crippen LogP contribution < -0.4 is 10.4 Å². The summed E-state index contributed by atoms with van der Waals surface area (Å²) in [6.07, 6.45) is 3.93. The Morgan fingerprint density at radius 2 is 1.78 bits per heavy atom. The van der Waals surface area contributed by atoms with E-state index in [-0.39, 0.29) is 5.97 Å². The van der Waals surface area contributed by atoms with Gasteiger partial charge >= 0.3 is 5.97 Å². The summed E-state index contributed by atoms with van der Waals surface area (Å²) in [5.41, 5.74) is 1.64. The zero-order valence-electron chi connectivity index (χ0n) is 9.80. The van der Waals surface area contributed by atoms with Gasteiger partial charge in [-0.05, 0) is 22.1 Å². The molecule has 0 bridgehead atoms. The molecule has 0 amide bonds. The molecular weight excluding hydrogens is 224 g/mol. The van der Waals surface area contributed by atoms with Crippen molar-refractivity contribution in [2.45, 2.75) is 6.61 Å². The van der Waals surface area contributed by atoms with Crippen LogP contribution in [-0.2, 0) is 11.3 Å². The number of hydrogen-bond donors (Lipinski definition) is 0. The SMILES string of the molecule is O=C(OCc1ccccc1)c1cccc2c1=CC=2. The van der Waals surface area contributed by atoms with Crippen LogP contribution in [0.4, 0.5) is 0 Å². The molecule has 2 nitrogen and oxygen atoms in total. The first-order chi connectivity index (χ1) is 8.84. The first kappa shape index (κ1) is 10.8. The molecule has 1 aliphatic rings. The molecule has 1 aliphatic carbocycles. The third kappa shape index (κ3) is 1.93. The largest absolute Gasteiger partial charge is 0.457 e. The Kier molecular flexibility index (Phi) is 2.69. The first-order valence-electron chi connectivity index (χ1n) is 5.87. The van der Waals surface area contributed by atoms with Gasteiger partial charge in [-0.1, -0.05) is 54.6 Å². The van der Waals surface area contributed by atoms with E-state index in [1.807, 2.05) is 54.6 Å². The lowest BCUT2D eigenvalue weighted by atomic mass is 10.0. The number of ether oxygens (including phenoxy) is 1. The summed E-state index contributed by atoms with van der Waals surface area (Å²) in [6.45, 7) is 0.313. The number of esters is 1. The van der Waals surface area contributed by atoms with Gasteiger partial charge in [-0.25, -0.2) is 4.79 Å². The van der Waals surface area contributed by atoms with Crippen molar-refractivity contribution in [3.05, 3.63) is 70.1 Å². The third-order valence-electron chi connectivity index (χ3n) is 3.00. The molecule has 0 N–H and O–H groups in total. The zero-order chi connectivity index (χ0) is 12.4. The fraction of sp³-hybridized carbons (Fsp3) is 0.0625. The summed E-state index contributed by atoms with van der Waals surface area (Å²) in [7, 11) is 0. The molecule has 0 heterocycles. The van der Waals surface area contributed by atoms with Gasteiger partial charge < -0.3 is 4.74 Å². The summed E-state index contributed by atoms with van der Waals surface area (Å²) in [5.74, 6) is -0.264. The second-order valence-electron chi connectivity index (χ2n) is 4.20. The molecule has 2 aromatic rings. The highest BCUT2D eigenvalue weighted by Crippen LogP contribution is 2.03. The molecular formula is C16H12O2. The van der Waals surface area contributed by atoms with E-state index < -0.39 is 0 Å². The average molecular weight is 236 g/mol. The fourth-order valence-corrected chi connectivity index (χ4v) is 1.97. The minimum atomic E-state index is -0.264. The molecule has 0 aromatic heterocycles. The summed E-state index contributed by atoms with van der Waals surface area (Å²) in [4.78, 5) is 12.0. The molecule has 2 heteroatoms. The maximum Gasteiger partial charge on any atom is 0.339 e. The molecule has 18 heavy (non-hydrogen) atoms. The van der Waals surface area contributed by atoms with E-state index in [9.17, 15) is 4.79 Å². The minimum absolute atomic E-state index is 0.264. The molecule has 0 spiro atoms. The van der Waals surface area contributed by atoms with Gasteiger partial charge in [-0.2, -0.15) is 0 Å². The molecule has 0 fully saturated rings. The Labute approximate surface area is 105 Å². The van der Waals surface area contributed by atoms with Gasteiger partial charge in [0.2, 0.25) is 0 Å². The predicted molar refractivity (Wildman–Crippen MR) is 70.2 cm³/mol. The Morgan fingerprint density at radius 3 is 2.50 bits per heavy atom. The van der Waals surface area contributed by atoms with Gasteiger partial charge in [-0.3, -0.25) is 0 Å². The van der Waals surface area contributed by atoms with Crippen LogP contribution in [0.25, 0.3) is 12.2 Å². The maximum atomic E-state index is 12.0. The molecule has 0 saturated heterocycles. The number of hydrogen-bond acceptors (Lipinski definition) is 2. The standard InChI is InChI=1S/C16H12O2/c17-16(18-11-12-5-2-1-3-6-12)15-8-4-7-13-9-10-14(13)15/h1-10H,11H2. The Morgan fingerprint density at radius 1 is 0.944 bits per heavy atom. The smallest absolute Gasteiger partial charge is 0.339 e. The van der Waals surface area contributed by atoms with Gasteiger partial charge in [-0.15, -0.1) is 0 Å². The van der Waals surface area contributed by atoms with E-state index in [2.05, 4.69) is 0 Å². The first-order valence-corrected chi connectivity index (χ1v) is 5.87. The monoisotopic (exact) mass is 236 g/mol. The van der Waals surface area contributed by atoms with Gasteiger partial charge in [0.15, 0.2) is 0 Å². The van der Waals surface area contributed by atoms with Crippen molar-refractivity contribution in [2.24, 2.45) is 0 Å². The van der Waals surface area contributed by atoms with Crippen LogP contribution in [0.5, 0.6) is 0 Å². The quantitative estimate of drug-likeness (QED) is 0.757. The highest BCUT2D eigenvalue weighted by Gasteiger charge is 2.11. The number of rotatable bonds is 3. The molecule has 0 atom stereocenters. The zero-order valence-corrected chi connectivity index (χ0v) is 9.80. The number of fused-ring (bicyclic) bond motifs is 1. The molecule has 0 radical (unpaired) electrons. The number of benzene rings is 2. The van der Waals surface area contributed by atoms with Crippen LogP contribution >= 0.6 is 0 Å². The van der Waals surface area contributed by atoms with Crippen molar-refractivity contribution >= 4 is 18.1 Å². The van der Waals surface area contributed by atoms with Crippen LogP contribution in [0.3, 0.4) is 0 Å². The molecule has 0 unspecified atom stereocenters. The second kappa shape index (κ2) is 4.49. The van der Waals surface area contributed by atoms with E-state index in [0.29, 0.717) is 12.2 Å². The lowest BCUT2D eigenvalue weighted by Gasteiger charge is -2.08. The maximum absolute atomic E-state index is 12.0. The average Bonchev–Trinajstić information content (AvgIpc) is 2.38. The van der Waals surface area contributed by atoms with Crippen molar-refractivity contribution in [3.8, 4) is 0 Å². The summed E-state index contributed by atoms with van der Waals surface area (Å²) >= 11 is 0. The molecule has 2 aromatic carbocycles. The number of carbonyl (C=O) groups excluding carboxylic acids is 1. The van der Waals surface area contributed by atoms with E-state index >= 15 is 0 Å². The van der Waals surface area contributed by atoms with Gasteiger partial charge in [0.25, 0.3) is 0 Å². The Balaban J connectivity index is 1.75. The van der Waals surface area contributed by atoms with Crippen LogP contribution in [0, 0.1) is 0 Å². The van der Waals surface area contributed by atoms with Crippen LogP contribution in [-0.4, -0.2) is 5.97 Å². The summed E-state index contributed by atoms with van der Waals surface area (Å²) in [5, 5.41) is 2.08. The van der Waals surface area contributed by atoms with E-state index in [1.54, 1.807) is 6.07 Å². The van der Waals surface area contributed by atoms with Gasteiger partial charge in [0.05, 0.1) is 5.56 Å². The molecule has 0 aliphatic heterocycles. The van der Waals surface area contributed by atoms with E-state index in [4.69, 9.17) is 4.74 Å². The lowest BCUT2D eigenvalue weighted by Crippen LogP contribution is -2.35. The highest BCUT2D eigenvalue weighted by atomic mass is 16.5. The van der Waals surface area contributed by atoms with E-state index in [0.717, 1.165) is 16.0 Å². The van der Waals surface area contributed by atoms with E-state index in [1.165, 1.54) is 0 Å².